The number of rotatable bonds is 7. The number of carbonyl (C=O) groups is 1. The molecular formula is C10H20O5. The lowest BCUT2D eigenvalue weighted by atomic mass is 9.90. The van der Waals surface area contributed by atoms with E-state index in [9.17, 15) is 4.79 Å². The van der Waals surface area contributed by atoms with Crippen LogP contribution in [-0.4, -0.2) is 47.7 Å². The van der Waals surface area contributed by atoms with Gasteiger partial charge in [-0.2, -0.15) is 0 Å². The fraction of sp³-hybridized carbons (Fsp3) is 0.900. The maximum absolute atomic E-state index is 11.1. The molecule has 0 aliphatic heterocycles. The van der Waals surface area contributed by atoms with Gasteiger partial charge in [0.05, 0.1) is 18.8 Å². The zero-order valence-electron chi connectivity index (χ0n) is 9.74. The van der Waals surface area contributed by atoms with Gasteiger partial charge >= 0.3 is 5.97 Å². The van der Waals surface area contributed by atoms with E-state index in [2.05, 4.69) is 0 Å². The van der Waals surface area contributed by atoms with Crippen molar-refractivity contribution in [1.29, 1.82) is 0 Å². The van der Waals surface area contributed by atoms with Crippen LogP contribution in [0.15, 0.2) is 0 Å². The number of methoxy groups -OCH3 is 1. The minimum absolute atomic E-state index is 0.00257. The summed E-state index contributed by atoms with van der Waals surface area (Å²) in [6, 6.07) is 0. The second-order valence-corrected chi connectivity index (χ2v) is 4.25. The van der Waals surface area contributed by atoms with E-state index >= 15 is 0 Å². The predicted molar refractivity (Wildman–Crippen MR) is 54.8 cm³/mol. The first-order chi connectivity index (χ1) is 6.77. The van der Waals surface area contributed by atoms with Crippen molar-refractivity contribution in [1.82, 2.24) is 0 Å². The lowest BCUT2D eigenvalue weighted by molar-refractivity contribution is -0.173. The summed E-state index contributed by atoms with van der Waals surface area (Å²) in [6.45, 7) is 4.86. The van der Waals surface area contributed by atoms with Gasteiger partial charge in [0.15, 0.2) is 5.60 Å². The van der Waals surface area contributed by atoms with Crippen molar-refractivity contribution in [3.8, 4) is 0 Å². The van der Waals surface area contributed by atoms with Crippen LogP contribution in [0, 0.1) is 0 Å². The summed E-state index contributed by atoms with van der Waals surface area (Å²) < 4.78 is 10.3. The van der Waals surface area contributed by atoms with Gasteiger partial charge in [-0.05, 0) is 20.8 Å². The Bertz CT molecular complexity index is 214. The molecule has 0 bridgehead atoms. The molecule has 1 unspecified atom stereocenters. The molecule has 15 heavy (non-hydrogen) atoms. The molecule has 0 amide bonds. The topological polar surface area (TPSA) is 76.0 Å². The quantitative estimate of drug-likeness (QED) is 0.659. The van der Waals surface area contributed by atoms with E-state index in [1.54, 1.807) is 13.8 Å². The minimum Gasteiger partial charge on any atom is -0.479 e. The Kier molecular flexibility index (Phi) is 5.20. The number of hydrogen-bond donors (Lipinski definition) is 2. The number of aliphatic hydroxyl groups is 1. The van der Waals surface area contributed by atoms with Gasteiger partial charge in [-0.25, -0.2) is 4.79 Å². The number of hydrogen-bond acceptors (Lipinski definition) is 4. The van der Waals surface area contributed by atoms with Gasteiger partial charge in [0.1, 0.15) is 0 Å². The maximum Gasteiger partial charge on any atom is 0.335 e. The van der Waals surface area contributed by atoms with Crippen LogP contribution < -0.4 is 0 Å². The lowest BCUT2D eigenvalue weighted by Crippen LogP contribution is -2.45. The molecule has 0 aliphatic carbocycles. The van der Waals surface area contributed by atoms with Gasteiger partial charge in [0.25, 0.3) is 0 Å². The van der Waals surface area contributed by atoms with Gasteiger partial charge < -0.3 is 19.7 Å². The van der Waals surface area contributed by atoms with Crippen molar-refractivity contribution in [2.24, 2.45) is 0 Å². The highest BCUT2D eigenvalue weighted by Gasteiger charge is 2.40. The third-order valence-corrected chi connectivity index (χ3v) is 2.28. The molecule has 2 N–H and O–H groups in total. The third-order valence-electron chi connectivity index (χ3n) is 2.28. The summed E-state index contributed by atoms with van der Waals surface area (Å²) in [5.74, 6) is -1.05. The number of aliphatic hydroxyl groups excluding tert-OH is 1. The van der Waals surface area contributed by atoms with E-state index in [0.717, 1.165) is 0 Å². The average Bonchev–Trinajstić information content (AvgIpc) is 2.14. The molecule has 0 heterocycles. The highest BCUT2D eigenvalue weighted by atomic mass is 16.5. The summed E-state index contributed by atoms with van der Waals surface area (Å²) in [7, 11) is 1.52. The number of aliphatic carboxylic acids is 1. The molecule has 0 aromatic heterocycles. The predicted octanol–water partition coefficient (Wildman–Crippen LogP) is 0.654. The normalized spacial score (nSPS) is 16.1. The first-order valence-corrected chi connectivity index (χ1v) is 4.81. The molecule has 0 aromatic carbocycles. The number of carboxylic acids is 1. The van der Waals surface area contributed by atoms with E-state index in [1.807, 2.05) is 0 Å². The van der Waals surface area contributed by atoms with E-state index in [0.29, 0.717) is 0 Å². The Morgan fingerprint density at radius 1 is 1.33 bits per heavy atom. The van der Waals surface area contributed by atoms with Crippen molar-refractivity contribution < 1.29 is 24.5 Å². The third kappa shape index (κ3) is 4.59. The van der Waals surface area contributed by atoms with Crippen LogP contribution in [0.1, 0.15) is 27.2 Å². The summed E-state index contributed by atoms with van der Waals surface area (Å²) in [5, 5.41) is 17.7. The Morgan fingerprint density at radius 3 is 2.20 bits per heavy atom. The van der Waals surface area contributed by atoms with Crippen molar-refractivity contribution in [3.63, 3.8) is 0 Å². The molecule has 0 spiro atoms. The molecular weight excluding hydrogens is 200 g/mol. The molecule has 5 nitrogen and oxygen atoms in total. The summed E-state index contributed by atoms with van der Waals surface area (Å²) in [5.41, 5.74) is -1.91. The van der Waals surface area contributed by atoms with E-state index in [1.165, 1.54) is 14.0 Å². The second-order valence-electron chi connectivity index (χ2n) is 4.25. The molecule has 1 atom stereocenters. The zero-order valence-corrected chi connectivity index (χ0v) is 9.74. The molecule has 0 aliphatic rings. The van der Waals surface area contributed by atoms with E-state index in [4.69, 9.17) is 19.7 Å². The molecule has 0 aromatic rings. The average molecular weight is 220 g/mol. The number of ether oxygens (including phenoxy) is 2. The fourth-order valence-electron chi connectivity index (χ4n) is 1.34. The molecule has 0 radical (unpaired) electrons. The summed E-state index contributed by atoms with van der Waals surface area (Å²) in [4.78, 5) is 11.1. The SMILES string of the molecule is COC(C)(C)CC(C)(OCCO)C(=O)O. The molecule has 5 heteroatoms. The fourth-order valence-corrected chi connectivity index (χ4v) is 1.34. The Labute approximate surface area is 90.0 Å². The van der Waals surface area contributed by atoms with Crippen LogP contribution in [0.3, 0.4) is 0 Å². The van der Waals surface area contributed by atoms with Crippen LogP contribution in [0.2, 0.25) is 0 Å². The van der Waals surface area contributed by atoms with Crippen molar-refractivity contribution >= 4 is 5.97 Å². The lowest BCUT2D eigenvalue weighted by Gasteiger charge is -2.33. The van der Waals surface area contributed by atoms with E-state index < -0.39 is 17.2 Å². The van der Waals surface area contributed by atoms with Crippen LogP contribution in [-0.2, 0) is 14.3 Å². The van der Waals surface area contributed by atoms with Crippen molar-refractivity contribution in [2.75, 3.05) is 20.3 Å². The van der Waals surface area contributed by atoms with Gasteiger partial charge in [-0.15, -0.1) is 0 Å². The monoisotopic (exact) mass is 220 g/mol. The largest absolute Gasteiger partial charge is 0.479 e. The summed E-state index contributed by atoms with van der Waals surface area (Å²) in [6.07, 6.45) is 0.214. The minimum atomic E-state index is -1.33. The van der Waals surface area contributed by atoms with Crippen molar-refractivity contribution in [3.05, 3.63) is 0 Å². The van der Waals surface area contributed by atoms with Crippen LogP contribution >= 0.6 is 0 Å². The van der Waals surface area contributed by atoms with Gasteiger partial charge in [0, 0.05) is 13.5 Å². The molecule has 90 valence electrons. The van der Waals surface area contributed by atoms with Crippen LogP contribution in [0.5, 0.6) is 0 Å². The molecule has 0 saturated heterocycles. The Morgan fingerprint density at radius 2 is 1.87 bits per heavy atom. The van der Waals surface area contributed by atoms with E-state index in [-0.39, 0.29) is 19.6 Å². The number of carboxylic acid groups (broad SMARTS) is 1. The molecule has 0 fully saturated rings. The van der Waals surface area contributed by atoms with Gasteiger partial charge in [-0.1, -0.05) is 0 Å². The second kappa shape index (κ2) is 5.44. The van der Waals surface area contributed by atoms with Gasteiger partial charge in [-0.3, -0.25) is 0 Å². The molecule has 0 saturated carbocycles. The van der Waals surface area contributed by atoms with Gasteiger partial charge in [0.2, 0.25) is 0 Å². The van der Waals surface area contributed by atoms with Crippen LogP contribution in [0.4, 0.5) is 0 Å². The van der Waals surface area contributed by atoms with Crippen LogP contribution in [0.25, 0.3) is 0 Å². The summed E-state index contributed by atoms with van der Waals surface area (Å²) >= 11 is 0. The highest BCUT2D eigenvalue weighted by molar-refractivity contribution is 5.77. The Balaban J connectivity index is 4.58. The van der Waals surface area contributed by atoms with Crippen molar-refractivity contribution in [2.45, 2.75) is 38.4 Å². The Hall–Kier alpha value is -0.650. The zero-order chi connectivity index (χ0) is 12.1. The molecule has 0 rings (SSSR count). The first-order valence-electron chi connectivity index (χ1n) is 4.81. The smallest absolute Gasteiger partial charge is 0.335 e. The highest BCUT2D eigenvalue weighted by Crippen LogP contribution is 2.26. The maximum atomic E-state index is 11.1. The standard InChI is InChI=1S/C10H20O5/c1-9(2,14-4)7-10(3,8(12)13)15-6-5-11/h11H,5-7H2,1-4H3,(H,12,13). The first kappa shape index (κ1) is 14.3.